The van der Waals surface area contributed by atoms with Crippen LogP contribution >= 0.6 is 0 Å². The van der Waals surface area contributed by atoms with Crippen molar-refractivity contribution in [3.63, 3.8) is 0 Å². The molecule has 4 heteroatoms. The Labute approximate surface area is 53.4 Å². The Kier molecular flexibility index (Phi) is 3.72. The van der Waals surface area contributed by atoms with Crippen molar-refractivity contribution in [1.82, 2.24) is 0 Å². The molecule has 0 atom stereocenters. The number of hydrogen-bond acceptors (Lipinski definition) is 4. The Morgan fingerprint density at radius 2 is 1.22 bits per heavy atom. The van der Waals surface area contributed by atoms with E-state index >= 15 is 0 Å². The van der Waals surface area contributed by atoms with Crippen molar-refractivity contribution in [2.24, 2.45) is 0 Å². The molecule has 0 radical (unpaired) electrons. The van der Waals surface area contributed by atoms with Gasteiger partial charge in [-0.1, -0.05) is 0 Å². The third-order valence-corrected chi connectivity index (χ3v) is 1.02. The molecule has 0 aliphatic heterocycles. The predicted octanol–water partition coefficient (Wildman–Crippen LogP) is -1.57. The van der Waals surface area contributed by atoms with Gasteiger partial charge in [-0.25, -0.2) is 0 Å². The van der Waals surface area contributed by atoms with E-state index in [9.17, 15) is 0 Å². The van der Waals surface area contributed by atoms with Crippen LogP contribution in [-0.4, -0.2) is 39.4 Å². The Bertz CT molecular complexity index is 63.4. The maximum Gasteiger partial charge on any atom is 0.166 e. The fourth-order valence-electron chi connectivity index (χ4n) is 0.483. The second-order valence-electron chi connectivity index (χ2n) is 1.93. The second kappa shape index (κ2) is 3.79. The minimum absolute atomic E-state index is 0.117. The first-order valence-corrected chi connectivity index (χ1v) is 2.79. The van der Waals surface area contributed by atoms with Crippen molar-refractivity contribution in [2.45, 2.75) is 18.6 Å². The number of rotatable bonds is 4. The molecule has 0 bridgehead atoms. The smallest absolute Gasteiger partial charge is 0.166 e. The summed E-state index contributed by atoms with van der Waals surface area (Å²) in [6.07, 6.45) is -0.235. The van der Waals surface area contributed by atoms with E-state index in [-0.39, 0.29) is 26.1 Å². The molecule has 0 aromatic rings. The van der Waals surface area contributed by atoms with Gasteiger partial charge in [-0.05, 0) is 0 Å². The van der Waals surface area contributed by atoms with Gasteiger partial charge >= 0.3 is 0 Å². The molecule has 0 amide bonds. The van der Waals surface area contributed by atoms with Crippen molar-refractivity contribution in [1.29, 1.82) is 0 Å². The lowest BCUT2D eigenvalue weighted by molar-refractivity contribution is -0.179. The van der Waals surface area contributed by atoms with Crippen molar-refractivity contribution >= 4 is 0 Å². The third-order valence-electron chi connectivity index (χ3n) is 1.02. The van der Waals surface area contributed by atoms with E-state index in [1.807, 2.05) is 0 Å². The zero-order valence-corrected chi connectivity index (χ0v) is 5.12. The largest absolute Gasteiger partial charge is 0.396 e. The summed E-state index contributed by atoms with van der Waals surface area (Å²) in [4.78, 5) is 0. The van der Waals surface area contributed by atoms with Gasteiger partial charge in [-0.3, -0.25) is 0 Å². The molecular formula is C5H12O4. The molecule has 0 saturated heterocycles. The molecule has 0 unspecified atom stereocenters. The first kappa shape index (κ1) is 8.84. The minimum atomic E-state index is -1.90. The van der Waals surface area contributed by atoms with Crippen LogP contribution in [0.15, 0.2) is 0 Å². The molecule has 0 aliphatic carbocycles. The molecule has 56 valence electrons. The quantitative estimate of drug-likeness (QED) is 0.352. The van der Waals surface area contributed by atoms with Crippen LogP contribution in [-0.2, 0) is 0 Å². The van der Waals surface area contributed by atoms with Crippen LogP contribution in [0.3, 0.4) is 0 Å². The van der Waals surface area contributed by atoms with Gasteiger partial charge in [0.15, 0.2) is 5.79 Å². The summed E-state index contributed by atoms with van der Waals surface area (Å²) in [5, 5.41) is 34.0. The zero-order chi connectivity index (χ0) is 7.33. The van der Waals surface area contributed by atoms with E-state index < -0.39 is 5.79 Å². The molecule has 4 nitrogen and oxygen atoms in total. The number of aliphatic hydroxyl groups excluding tert-OH is 2. The Balaban J connectivity index is 3.43. The van der Waals surface area contributed by atoms with Gasteiger partial charge < -0.3 is 20.4 Å². The second-order valence-corrected chi connectivity index (χ2v) is 1.93. The topological polar surface area (TPSA) is 80.9 Å². The fraction of sp³-hybridized carbons (Fsp3) is 1.00. The van der Waals surface area contributed by atoms with E-state index in [1.54, 1.807) is 0 Å². The van der Waals surface area contributed by atoms with Crippen molar-refractivity contribution in [3.05, 3.63) is 0 Å². The maximum atomic E-state index is 8.75. The van der Waals surface area contributed by atoms with Gasteiger partial charge in [0.05, 0.1) is 0 Å². The van der Waals surface area contributed by atoms with Crippen LogP contribution < -0.4 is 0 Å². The van der Waals surface area contributed by atoms with Gasteiger partial charge in [-0.2, -0.15) is 0 Å². The van der Waals surface area contributed by atoms with Crippen LogP contribution in [0.4, 0.5) is 0 Å². The molecule has 4 N–H and O–H groups in total. The first-order chi connectivity index (χ1) is 4.12. The summed E-state index contributed by atoms with van der Waals surface area (Å²) in [7, 11) is 0. The molecule has 0 saturated carbocycles. The molecule has 0 fully saturated rings. The average molecular weight is 136 g/mol. The summed E-state index contributed by atoms with van der Waals surface area (Å²) >= 11 is 0. The van der Waals surface area contributed by atoms with Gasteiger partial charge in [0.1, 0.15) is 0 Å². The van der Waals surface area contributed by atoms with Crippen LogP contribution in [0.25, 0.3) is 0 Å². The molecule has 0 aromatic carbocycles. The lowest BCUT2D eigenvalue weighted by Crippen LogP contribution is -2.30. The highest BCUT2D eigenvalue weighted by molar-refractivity contribution is 4.61. The molecule has 0 rings (SSSR count). The number of aliphatic hydroxyl groups is 4. The molecule has 0 aliphatic rings. The van der Waals surface area contributed by atoms with Crippen molar-refractivity contribution < 1.29 is 20.4 Å². The first-order valence-electron chi connectivity index (χ1n) is 2.79. The molecular weight excluding hydrogens is 124 g/mol. The molecule has 9 heavy (non-hydrogen) atoms. The third kappa shape index (κ3) is 4.35. The van der Waals surface area contributed by atoms with Gasteiger partial charge in [0.25, 0.3) is 0 Å². The Hall–Kier alpha value is -0.160. The number of hydrogen-bond donors (Lipinski definition) is 4. The summed E-state index contributed by atoms with van der Waals surface area (Å²) in [6.45, 7) is -0.569. The van der Waals surface area contributed by atoms with Crippen LogP contribution in [0, 0.1) is 0 Å². The molecule has 0 aromatic heterocycles. The van der Waals surface area contributed by atoms with Crippen LogP contribution in [0.2, 0.25) is 0 Å². The average Bonchev–Trinajstić information content (AvgIpc) is 1.64. The van der Waals surface area contributed by atoms with Crippen LogP contribution in [0.5, 0.6) is 0 Å². The maximum absolute atomic E-state index is 8.75. The monoisotopic (exact) mass is 136 g/mol. The molecule has 0 heterocycles. The predicted molar refractivity (Wildman–Crippen MR) is 30.6 cm³/mol. The SMILES string of the molecule is OCCC(O)(O)CCO. The van der Waals surface area contributed by atoms with E-state index in [1.165, 1.54) is 0 Å². The van der Waals surface area contributed by atoms with Crippen molar-refractivity contribution in [2.75, 3.05) is 13.2 Å². The lowest BCUT2D eigenvalue weighted by Gasteiger charge is -2.18. The van der Waals surface area contributed by atoms with E-state index in [0.717, 1.165) is 0 Å². The van der Waals surface area contributed by atoms with Crippen LogP contribution in [0.1, 0.15) is 12.8 Å². The highest BCUT2D eigenvalue weighted by Gasteiger charge is 2.20. The molecule has 0 spiro atoms. The van der Waals surface area contributed by atoms with E-state index in [2.05, 4.69) is 0 Å². The summed E-state index contributed by atoms with van der Waals surface area (Å²) < 4.78 is 0. The van der Waals surface area contributed by atoms with Gasteiger partial charge in [0, 0.05) is 26.1 Å². The van der Waals surface area contributed by atoms with Gasteiger partial charge in [0.2, 0.25) is 0 Å². The standard InChI is InChI=1S/C5H12O4/c6-3-1-5(8,9)2-4-7/h6-9H,1-4H2. The Morgan fingerprint density at radius 1 is 0.889 bits per heavy atom. The normalized spacial score (nSPS) is 12.0. The highest BCUT2D eigenvalue weighted by Crippen LogP contribution is 2.08. The lowest BCUT2D eigenvalue weighted by atomic mass is 10.1. The van der Waals surface area contributed by atoms with Gasteiger partial charge in [-0.15, -0.1) is 0 Å². The summed E-state index contributed by atoms with van der Waals surface area (Å²) in [5.41, 5.74) is 0. The van der Waals surface area contributed by atoms with E-state index in [0.29, 0.717) is 0 Å². The summed E-state index contributed by atoms with van der Waals surface area (Å²) in [6, 6.07) is 0. The fourth-order valence-corrected chi connectivity index (χ4v) is 0.483. The van der Waals surface area contributed by atoms with E-state index in [4.69, 9.17) is 20.4 Å². The highest BCUT2D eigenvalue weighted by atomic mass is 16.5. The van der Waals surface area contributed by atoms with Crippen molar-refractivity contribution in [3.8, 4) is 0 Å². The minimum Gasteiger partial charge on any atom is -0.396 e. The summed E-state index contributed by atoms with van der Waals surface area (Å²) in [5.74, 6) is -1.90. The Morgan fingerprint density at radius 3 is 1.44 bits per heavy atom. The zero-order valence-electron chi connectivity index (χ0n) is 5.12.